The summed E-state index contributed by atoms with van der Waals surface area (Å²) in [5.74, 6) is 0. The van der Waals surface area contributed by atoms with Gasteiger partial charge in [-0.3, -0.25) is 0 Å². The summed E-state index contributed by atoms with van der Waals surface area (Å²) < 4.78 is 0. The van der Waals surface area contributed by atoms with Crippen molar-refractivity contribution in [3.8, 4) is 0 Å². The van der Waals surface area contributed by atoms with Crippen molar-refractivity contribution in [1.29, 1.82) is 0 Å². The number of benzene rings is 1. The molecule has 2 rings (SSSR count). The lowest BCUT2D eigenvalue weighted by Crippen LogP contribution is -2.04. The van der Waals surface area contributed by atoms with E-state index in [-0.39, 0.29) is 0 Å². The van der Waals surface area contributed by atoms with Crippen LogP contribution in [-0.4, -0.2) is 11.5 Å². The molecule has 0 spiro atoms. The highest BCUT2D eigenvalue weighted by atomic mass is 32.2. The van der Waals surface area contributed by atoms with Gasteiger partial charge in [0, 0.05) is 11.1 Å². The van der Waals surface area contributed by atoms with Crippen molar-refractivity contribution in [2.75, 3.05) is 6.54 Å². The molecule has 2 N–H and O–H groups in total. The Morgan fingerprint density at radius 1 is 1.17 bits per heavy atom. The summed E-state index contributed by atoms with van der Waals surface area (Å²) in [4.78, 5) is 5.68. The molecule has 0 radical (unpaired) electrons. The minimum Gasteiger partial charge on any atom is -0.330 e. The Labute approximate surface area is 113 Å². The van der Waals surface area contributed by atoms with E-state index in [0.717, 1.165) is 11.4 Å². The number of nitrogens with two attached hydrogens (primary N) is 1. The van der Waals surface area contributed by atoms with Crippen LogP contribution < -0.4 is 5.73 Å². The smallest absolute Gasteiger partial charge is 0.104 e. The lowest BCUT2D eigenvalue weighted by Gasteiger charge is -2.08. The predicted molar refractivity (Wildman–Crippen MR) is 77.0 cm³/mol. The van der Waals surface area contributed by atoms with Crippen molar-refractivity contribution in [3.05, 3.63) is 53.2 Å². The van der Waals surface area contributed by atoms with Crippen molar-refractivity contribution >= 4 is 11.8 Å². The Morgan fingerprint density at radius 2 is 2.00 bits per heavy atom. The summed E-state index contributed by atoms with van der Waals surface area (Å²) in [6, 6.07) is 10.6. The van der Waals surface area contributed by atoms with Crippen LogP contribution in [0, 0.1) is 13.8 Å². The fourth-order valence-electron chi connectivity index (χ4n) is 1.75. The van der Waals surface area contributed by atoms with Crippen molar-refractivity contribution in [3.63, 3.8) is 0 Å². The van der Waals surface area contributed by atoms with Crippen LogP contribution in [0.25, 0.3) is 0 Å². The van der Waals surface area contributed by atoms with Crippen molar-refractivity contribution < 1.29 is 0 Å². The van der Waals surface area contributed by atoms with Gasteiger partial charge in [-0.25, -0.2) is 4.98 Å². The van der Waals surface area contributed by atoms with Crippen LogP contribution in [-0.2, 0) is 6.42 Å². The molecular formula is C15H18N2S. The third-order valence-electron chi connectivity index (χ3n) is 2.96. The van der Waals surface area contributed by atoms with Gasteiger partial charge < -0.3 is 5.73 Å². The molecule has 18 heavy (non-hydrogen) atoms. The van der Waals surface area contributed by atoms with Gasteiger partial charge in [-0.1, -0.05) is 23.9 Å². The summed E-state index contributed by atoms with van der Waals surface area (Å²) in [5.41, 5.74) is 9.49. The Bertz CT molecular complexity index is 538. The zero-order chi connectivity index (χ0) is 13.0. The lowest BCUT2D eigenvalue weighted by atomic mass is 10.1. The second-order valence-electron chi connectivity index (χ2n) is 4.35. The monoisotopic (exact) mass is 258 g/mol. The molecule has 0 saturated heterocycles. The van der Waals surface area contributed by atoms with E-state index >= 15 is 0 Å². The molecule has 0 amide bonds. The van der Waals surface area contributed by atoms with E-state index in [1.807, 2.05) is 12.3 Å². The Hall–Kier alpha value is -1.32. The summed E-state index contributed by atoms with van der Waals surface area (Å²) in [6.07, 6.45) is 2.71. The van der Waals surface area contributed by atoms with Crippen LogP contribution in [0.4, 0.5) is 0 Å². The maximum Gasteiger partial charge on any atom is 0.104 e. The van der Waals surface area contributed by atoms with Gasteiger partial charge >= 0.3 is 0 Å². The average Bonchev–Trinajstić information content (AvgIpc) is 2.37. The normalized spacial score (nSPS) is 10.6. The van der Waals surface area contributed by atoms with Gasteiger partial charge in [0.15, 0.2) is 0 Å². The molecule has 0 aliphatic heterocycles. The van der Waals surface area contributed by atoms with Crippen molar-refractivity contribution in [2.45, 2.75) is 30.2 Å². The van der Waals surface area contributed by atoms with Crippen molar-refractivity contribution in [2.24, 2.45) is 5.73 Å². The second kappa shape index (κ2) is 6.03. The molecule has 0 bridgehead atoms. The zero-order valence-corrected chi connectivity index (χ0v) is 11.6. The molecule has 0 fully saturated rings. The third kappa shape index (κ3) is 3.12. The van der Waals surface area contributed by atoms with Gasteiger partial charge in [-0.2, -0.15) is 0 Å². The summed E-state index contributed by atoms with van der Waals surface area (Å²) in [6.45, 7) is 4.93. The second-order valence-corrected chi connectivity index (χ2v) is 5.42. The molecule has 0 unspecified atom stereocenters. The minimum absolute atomic E-state index is 0.659. The van der Waals surface area contributed by atoms with Crippen LogP contribution >= 0.6 is 11.8 Å². The van der Waals surface area contributed by atoms with Gasteiger partial charge in [0.1, 0.15) is 5.03 Å². The van der Waals surface area contributed by atoms with E-state index in [4.69, 9.17) is 5.73 Å². The first-order valence-electron chi connectivity index (χ1n) is 6.10. The molecular weight excluding hydrogens is 240 g/mol. The topological polar surface area (TPSA) is 38.9 Å². The molecule has 94 valence electrons. The molecule has 2 nitrogen and oxygen atoms in total. The first kappa shape index (κ1) is 13.1. The molecule has 0 atom stereocenters. The maximum absolute atomic E-state index is 5.63. The lowest BCUT2D eigenvalue weighted by molar-refractivity contribution is 0.911. The number of pyridine rings is 1. The van der Waals surface area contributed by atoms with Gasteiger partial charge in [0.25, 0.3) is 0 Å². The molecule has 2 aromatic rings. The minimum atomic E-state index is 0.659. The standard InChI is InChI=1S/C15H18N2S/c1-11-5-6-14(10-12(11)2)18-15-13(7-8-16)4-3-9-17-15/h3-6,9-10H,7-8,16H2,1-2H3. The quantitative estimate of drug-likeness (QED) is 0.914. The average molecular weight is 258 g/mol. The first-order valence-corrected chi connectivity index (χ1v) is 6.91. The molecule has 0 aliphatic carbocycles. The number of nitrogens with zero attached hydrogens (tertiary/aromatic N) is 1. The molecule has 3 heteroatoms. The number of hydrogen-bond acceptors (Lipinski definition) is 3. The van der Waals surface area contributed by atoms with E-state index in [0.29, 0.717) is 6.54 Å². The summed E-state index contributed by atoms with van der Waals surface area (Å²) in [7, 11) is 0. The molecule has 1 aromatic heterocycles. The van der Waals surface area contributed by atoms with Crippen LogP contribution in [0.5, 0.6) is 0 Å². The Balaban J connectivity index is 2.25. The molecule has 1 heterocycles. The highest BCUT2D eigenvalue weighted by molar-refractivity contribution is 7.99. The van der Waals surface area contributed by atoms with E-state index in [1.54, 1.807) is 11.8 Å². The highest BCUT2D eigenvalue weighted by Gasteiger charge is 2.05. The van der Waals surface area contributed by atoms with Crippen molar-refractivity contribution in [1.82, 2.24) is 4.98 Å². The van der Waals surface area contributed by atoms with Crippen LogP contribution in [0.2, 0.25) is 0 Å². The number of hydrogen-bond donors (Lipinski definition) is 1. The van der Waals surface area contributed by atoms with Gasteiger partial charge in [0.2, 0.25) is 0 Å². The van der Waals surface area contributed by atoms with E-state index < -0.39 is 0 Å². The largest absolute Gasteiger partial charge is 0.330 e. The number of rotatable bonds is 4. The zero-order valence-electron chi connectivity index (χ0n) is 10.8. The van der Waals surface area contributed by atoms with E-state index in [1.165, 1.54) is 21.6 Å². The predicted octanol–water partition coefficient (Wildman–Crippen LogP) is 3.35. The molecule has 1 aromatic carbocycles. The summed E-state index contributed by atoms with van der Waals surface area (Å²) in [5, 5.41) is 1.06. The molecule has 0 aliphatic rings. The third-order valence-corrected chi connectivity index (χ3v) is 4.01. The van der Waals surface area contributed by atoms with E-state index in [9.17, 15) is 0 Å². The molecule has 0 saturated carbocycles. The number of aromatic nitrogens is 1. The van der Waals surface area contributed by atoms with E-state index in [2.05, 4.69) is 43.1 Å². The SMILES string of the molecule is Cc1ccc(Sc2ncccc2CCN)cc1C. The first-order chi connectivity index (χ1) is 8.70. The number of aryl methyl sites for hydroxylation is 2. The van der Waals surface area contributed by atoms with Gasteiger partial charge in [-0.15, -0.1) is 0 Å². The van der Waals surface area contributed by atoms with Crippen LogP contribution in [0.3, 0.4) is 0 Å². The van der Waals surface area contributed by atoms with Gasteiger partial charge in [0.05, 0.1) is 0 Å². The fourth-order valence-corrected chi connectivity index (χ4v) is 2.76. The van der Waals surface area contributed by atoms with Gasteiger partial charge in [-0.05, 0) is 61.7 Å². The fraction of sp³-hybridized carbons (Fsp3) is 0.267. The Morgan fingerprint density at radius 3 is 2.72 bits per heavy atom. The van der Waals surface area contributed by atoms with Crippen LogP contribution in [0.1, 0.15) is 16.7 Å². The summed E-state index contributed by atoms with van der Waals surface area (Å²) >= 11 is 1.71. The Kier molecular flexibility index (Phi) is 4.39. The highest BCUT2D eigenvalue weighted by Crippen LogP contribution is 2.29. The maximum atomic E-state index is 5.63. The van der Waals surface area contributed by atoms with Crippen LogP contribution in [0.15, 0.2) is 46.5 Å².